The molecule has 0 saturated carbocycles. The summed E-state index contributed by atoms with van der Waals surface area (Å²) in [5, 5.41) is 10.7. The maximum atomic E-state index is 11.8. The molecule has 6 nitrogen and oxygen atoms in total. The lowest BCUT2D eigenvalue weighted by Crippen LogP contribution is -2.25. The van der Waals surface area contributed by atoms with Gasteiger partial charge in [-0.15, -0.1) is 0 Å². The highest BCUT2D eigenvalue weighted by molar-refractivity contribution is 5.95. The molecular weight excluding hydrogens is 404 g/mol. The Balaban J connectivity index is 1.43. The molecule has 1 N–H and O–H groups in total. The van der Waals surface area contributed by atoms with Gasteiger partial charge in [-0.25, -0.2) is 4.98 Å². The van der Waals surface area contributed by atoms with Crippen LogP contribution >= 0.6 is 0 Å². The third-order valence-electron chi connectivity index (χ3n) is 5.18. The molecule has 0 aliphatic heterocycles. The molecule has 0 amide bonds. The van der Waals surface area contributed by atoms with Gasteiger partial charge in [-0.05, 0) is 48.5 Å². The van der Waals surface area contributed by atoms with Gasteiger partial charge < -0.3 is 19.1 Å². The van der Waals surface area contributed by atoms with Crippen molar-refractivity contribution in [1.82, 2.24) is 9.55 Å². The highest BCUT2D eigenvalue weighted by Gasteiger charge is 2.15. The average Bonchev–Trinajstić information content (AvgIpc) is 3.19. The van der Waals surface area contributed by atoms with Crippen LogP contribution in [0.2, 0.25) is 0 Å². The van der Waals surface area contributed by atoms with Crippen molar-refractivity contribution < 1.29 is 19.4 Å². The maximum Gasteiger partial charge on any atom is 0.162 e. The molecule has 6 heteroatoms. The number of hydrogen-bond acceptors (Lipinski definition) is 5. The molecule has 32 heavy (non-hydrogen) atoms. The Morgan fingerprint density at radius 1 is 0.938 bits per heavy atom. The van der Waals surface area contributed by atoms with E-state index in [0.29, 0.717) is 30.9 Å². The van der Waals surface area contributed by atoms with Crippen LogP contribution in [0, 0.1) is 0 Å². The summed E-state index contributed by atoms with van der Waals surface area (Å²) in [5.41, 5.74) is 2.44. The number of fused-ring (bicyclic) bond motifs is 1. The van der Waals surface area contributed by atoms with Crippen LogP contribution in [0.4, 0.5) is 0 Å². The molecule has 1 aromatic heterocycles. The number of ether oxygens (including phenoxy) is 2. The molecule has 1 heterocycles. The summed E-state index contributed by atoms with van der Waals surface area (Å²) < 4.78 is 13.6. The monoisotopic (exact) mass is 430 g/mol. The number of nitrogens with zero attached hydrogens (tertiary/aromatic N) is 2. The van der Waals surface area contributed by atoms with E-state index in [2.05, 4.69) is 4.98 Å². The largest absolute Gasteiger partial charge is 0.491 e. The third-order valence-corrected chi connectivity index (χ3v) is 5.18. The zero-order chi connectivity index (χ0) is 22.3. The van der Waals surface area contributed by atoms with Crippen molar-refractivity contribution in [2.75, 3.05) is 6.61 Å². The highest BCUT2D eigenvalue weighted by Crippen LogP contribution is 2.20. The average molecular weight is 431 g/mol. The normalized spacial score (nSPS) is 11.9. The smallest absolute Gasteiger partial charge is 0.162 e. The Labute approximate surface area is 187 Å². The van der Waals surface area contributed by atoms with E-state index in [4.69, 9.17) is 9.47 Å². The number of carbonyl (C=O) groups excluding carboxylic acids is 1. The number of carbonyl (C=O) groups is 1. The zero-order valence-electron chi connectivity index (χ0n) is 18.0. The molecule has 1 unspecified atom stereocenters. The van der Waals surface area contributed by atoms with Crippen LogP contribution in [-0.2, 0) is 13.2 Å². The predicted octanol–water partition coefficient (Wildman–Crippen LogP) is 4.65. The van der Waals surface area contributed by atoms with Crippen molar-refractivity contribution in [3.63, 3.8) is 0 Å². The van der Waals surface area contributed by atoms with Crippen molar-refractivity contribution in [2.24, 2.45) is 0 Å². The minimum absolute atomic E-state index is 0.0915. The first-order valence-corrected chi connectivity index (χ1v) is 10.7. The first-order valence-electron chi connectivity index (χ1n) is 10.7. The molecule has 4 aromatic rings. The number of ketones is 1. The van der Waals surface area contributed by atoms with Crippen LogP contribution in [0.1, 0.15) is 29.5 Å². The zero-order valence-corrected chi connectivity index (χ0v) is 18.0. The third kappa shape index (κ3) is 5.15. The summed E-state index contributed by atoms with van der Waals surface area (Å²) >= 11 is 0. The fraction of sp³-hybridized carbons (Fsp3) is 0.231. The van der Waals surface area contributed by atoms with Crippen molar-refractivity contribution in [1.29, 1.82) is 0 Å². The van der Waals surface area contributed by atoms with Crippen molar-refractivity contribution in [3.8, 4) is 11.5 Å². The molecule has 1 atom stereocenters. The van der Waals surface area contributed by atoms with Crippen molar-refractivity contribution in [3.05, 3.63) is 90.3 Å². The number of rotatable bonds is 10. The van der Waals surface area contributed by atoms with Gasteiger partial charge in [0.25, 0.3) is 0 Å². The molecule has 0 spiro atoms. The molecule has 3 aromatic carbocycles. The Kier molecular flexibility index (Phi) is 6.82. The molecule has 0 radical (unpaired) electrons. The second-order valence-electron chi connectivity index (χ2n) is 7.50. The Morgan fingerprint density at radius 2 is 1.62 bits per heavy atom. The topological polar surface area (TPSA) is 73.6 Å². The lowest BCUT2D eigenvalue weighted by atomic mass is 10.1. The number of imidazole rings is 1. The molecule has 0 aliphatic rings. The number of para-hydroxylation sites is 3. The number of aliphatic hydroxyl groups is 1. The van der Waals surface area contributed by atoms with E-state index in [9.17, 15) is 9.90 Å². The number of Topliss-reactive ketones (excluding diaryl/α,β-unsaturated/α-hetero) is 1. The van der Waals surface area contributed by atoms with Gasteiger partial charge in [0.1, 0.15) is 36.6 Å². The number of hydrogen-bond donors (Lipinski definition) is 1. The van der Waals surface area contributed by atoms with Crippen molar-refractivity contribution >= 4 is 16.8 Å². The molecule has 0 bridgehead atoms. The summed E-state index contributed by atoms with van der Waals surface area (Å²) in [6.45, 7) is 2.56. The van der Waals surface area contributed by atoms with E-state index >= 15 is 0 Å². The van der Waals surface area contributed by atoms with Gasteiger partial charge in [0.05, 0.1) is 17.6 Å². The first kappa shape index (κ1) is 21.6. The van der Waals surface area contributed by atoms with Gasteiger partial charge in [0.2, 0.25) is 0 Å². The van der Waals surface area contributed by atoms with Gasteiger partial charge >= 0.3 is 0 Å². The number of benzene rings is 3. The Morgan fingerprint density at radius 3 is 2.38 bits per heavy atom. The van der Waals surface area contributed by atoms with Gasteiger partial charge in [0, 0.05) is 12.0 Å². The second kappa shape index (κ2) is 10.1. The molecule has 0 saturated heterocycles. The van der Waals surface area contributed by atoms with E-state index in [1.54, 1.807) is 24.3 Å². The summed E-state index contributed by atoms with van der Waals surface area (Å²) in [6, 6.07) is 24.4. The standard InChI is InChI=1S/C26H26N2O4/c1-2-25(30)19-12-14-22(15-13-19)31-17-20(29)16-28-24-11-7-6-10-23(24)27-26(28)18-32-21-8-4-3-5-9-21/h3-15,20,29H,2,16-18H2,1H3. The number of aromatic nitrogens is 2. The Bertz CT molecular complexity index is 1170. The van der Waals surface area contributed by atoms with Crippen LogP contribution in [0.25, 0.3) is 11.0 Å². The molecule has 0 fully saturated rings. The number of aliphatic hydroxyl groups excluding tert-OH is 1. The molecular formula is C26H26N2O4. The second-order valence-corrected chi connectivity index (χ2v) is 7.50. The van der Waals surface area contributed by atoms with E-state index in [-0.39, 0.29) is 12.4 Å². The van der Waals surface area contributed by atoms with Gasteiger partial charge in [0.15, 0.2) is 5.78 Å². The van der Waals surface area contributed by atoms with E-state index in [1.807, 2.05) is 66.1 Å². The predicted molar refractivity (Wildman–Crippen MR) is 123 cm³/mol. The van der Waals surface area contributed by atoms with Crippen LogP contribution in [0.5, 0.6) is 11.5 Å². The molecule has 0 aliphatic carbocycles. The van der Waals surface area contributed by atoms with E-state index < -0.39 is 6.10 Å². The van der Waals surface area contributed by atoms with Crippen LogP contribution < -0.4 is 9.47 Å². The minimum Gasteiger partial charge on any atom is -0.491 e. The fourth-order valence-corrected chi connectivity index (χ4v) is 3.50. The van der Waals surface area contributed by atoms with E-state index in [1.165, 1.54) is 0 Å². The molecule has 164 valence electrons. The highest BCUT2D eigenvalue weighted by atomic mass is 16.5. The SMILES string of the molecule is CCC(=O)c1ccc(OCC(O)Cn2c(COc3ccccc3)nc3ccccc32)cc1. The minimum atomic E-state index is -0.750. The lowest BCUT2D eigenvalue weighted by Gasteiger charge is -2.16. The quantitative estimate of drug-likeness (QED) is 0.371. The van der Waals surface area contributed by atoms with Gasteiger partial charge in [-0.3, -0.25) is 4.79 Å². The molecule has 4 rings (SSSR count). The summed E-state index contributed by atoms with van der Waals surface area (Å²) in [5.74, 6) is 2.20. The summed E-state index contributed by atoms with van der Waals surface area (Å²) in [6.07, 6.45) is -0.284. The van der Waals surface area contributed by atoms with Crippen molar-refractivity contribution in [2.45, 2.75) is 32.6 Å². The first-order chi connectivity index (χ1) is 15.6. The summed E-state index contributed by atoms with van der Waals surface area (Å²) in [7, 11) is 0. The summed E-state index contributed by atoms with van der Waals surface area (Å²) in [4.78, 5) is 16.4. The lowest BCUT2D eigenvalue weighted by molar-refractivity contribution is 0.0916. The van der Waals surface area contributed by atoms with Crippen LogP contribution in [0.15, 0.2) is 78.9 Å². The Hall–Kier alpha value is -3.64. The fourth-order valence-electron chi connectivity index (χ4n) is 3.50. The van der Waals surface area contributed by atoms with Crippen LogP contribution in [-0.4, -0.2) is 33.2 Å². The van der Waals surface area contributed by atoms with Gasteiger partial charge in [-0.2, -0.15) is 0 Å². The maximum absolute atomic E-state index is 11.8. The van der Waals surface area contributed by atoms with Crippen LogP contribution in [0.3, 0.4) is 0 Å². The van der Waals surface area contributed by atoms with Gasteiger partial charge in [-0.1, -0.05) is 37.3 Å². The van der Waals surface area contributed by atoms with E-state index in [0.717, 1.165) is 22.6 Å².